The zero-order valence-electron chi connectivity index (χ0n) is 13.6. The Kier molecular flexibility index (Phi) is 6.40. The van der Waals surface area contributed by atoms with Gasteiger partial charge in [0.25, 0.3) is 0 Å². The monoisotopic (exact) mass is 371 g/mol. The lowest BCUT2D eigenvalue weighted by Gasteiger charge is -2.36. The molecule has 6 nitrogen and oxygen atoms in total. The lowest BCUT2D eigenvalue weighted by atomic mass is 10.2. The van der Waals surface area contributed by atoms with E-state index in [1.165, 1.54) is 16.4 Å². The lowest BCUT2D eigenvalue weighted by molar-refractivity contribution is -0.126. The van der Waals surface area contributed by atoms with Crippen LogP contribution in [0.1, 0.15) is 6.92 Å². The quantitative estimate of drug-likeness (QED) is 0.766. The predicted octanol–water partition coefficient (Wildman–Crippen LogP) is 1.34. The zero-order valence-corrected chi connectivity index (χ0v) is 15.2. The first kappa shape index (κ1) is 18.9. The van der Waals surface area contributed by atoms with Crippen molar-refractivity contribution in [3.8, 4) is 0 Å². The zero-order chi connectivity index (χ0) is 17.7. The normalized spacial score (nSPS) is 18.1. The fourth-order valence-corrected chi connectivity index (χ4v) is 4.12. The number of carbonyl (C=O) groups is 1. The highest BCUT2D eigenvalue weighted by molar-refractivity contribution is 7.89. The first-order valence-electron chi connectivity index (χ1n) is 7.74. The number of nitrogens with one attached hydrogen (secondary N) is 1. The number of halogens is 1. The molecule has 0 aromatic heterocycles. The summed E-state index contributed by atoms with van der Waals surface area (Å²) < 4.78 is 26.7. The Hall–Kier alpha value is -1.41. The molecule has 1 aromatic carbocycles. The summed E-state index contributed by atoms with van der Waals surface area (Å²) in [5.74, 6) is -0.0797. The molecule has 1 saturated heterocycles. The summed E-state index contributed by atoms with van der Waals surface area (Å²) in [7, 11) is -3.53. The van der Waals surface area contributed by atoms with E-state index in [9.17, 15) is 13.2 Å². The molecule has 1 N–H and O–H groups in total. The van der Waals surface area contributed by atoms with E-state index in [2.05, 4.69) is 11.9 Å². The molecule has 132 valence electrons. The molecule has 1 aliphatic heterocycles. The van der Waals surface area contributed by atoms with Crippen molar-refractivity contribution in [2.45, 2.75) is 17.9 Å². The molecule has 2 rings (SSSR count). The van der Waals surface area contributed by atoms with Gasteiger partial charge in [-0.05, 0) is 31.2 Å². The number of hydrogen-bond donors (Lipinski definition) is 1. The number of sulfonamides is 1. The Labute approximate surface area is 148 Å². The van der Waals surface area contributed by atoms with Crippen LogP contribution in [-0.4, -0.2) is 62.3 Å². The van der Waals surface area contributed by atoms with Gasteiger partial charge in [-0.1, -0.05) is 17.7 Å². The summed E-state index contributed by atoms with van der Waals surface area (Å²) in [5.41, 5.74) is 0. The van der Waals surface area contributed by atoms with Crippen LogP contribution in [0.15, 0.2) is 41.8 Å². The highest BCUT2D eigenvalue weighted by atomic mass is 35.5. The van der Waals surface area contributed by atoms with Crippen molar-refractivity contribution in [1.29, 1.82) is 0 Å². The standard InChI is InChI=1S/C16H22ClN3O3S/c1-3-8-18-16(21)13(2)19-9-11-20(12-10-19)24(22,23)15-6-4-14(17)5-7-15/h3-7,13H,1,8-12H2,2H3,(H,18,21). The summed E-state index contributed by atoms with van der Waals surface area (Å²) in [5, 5.41) is 3.26. The van der Waals surface area contributed by atoms with Gasteiger partial charge in [-0.3, -0.25) is 9.69 Å². The van der Waals surface area contributed by atoms with Gasteiger partial charge in [-0.25, -0.2) is 8.42 Å². The van der Waals surface area contributed by atoms with E-state index < -0.39 is 10.0 Å². The average molecular weight is 372 g/mol. The minimum Gasteiger partial charge on any atom is -0.351 e. The Morgan fingerprint density at radius 2 is 1.88 bits per heavy atom. The van der Waals surface area contributed by atoms with Crippen molar-refractivity contribution in [2.75, 3.05) is 32.7 Å². The van der Waals surface area contributed by atoms with Gasteiger partial charge in [0, 0.05) is 37.7 Å². The van der Waals surface area contributed by atoms with Crippen LogP contribution >= 0.6 is 11.6 Å². The fraction of sp³-hybridized carbons (Fsp3) is 0.438. The molecule has 1 unspecified atom stereocenters. The molecule has 1 fully saturated rings. The number of hydrogen-bond acceptors (Lipinski definition) is 4. The van der Waals surface area contributed by atoms with Crippen LogP contribution in [0.3, 0.4) is 0 Å². The molecule has 0 spiro atoms. The maximum atomic E-state index is 12.6. The van der Waals surface area contributed by atoms with E-state index in [1.54, 1.807) is 18.2 Å². The van der Waals surface area contributed by atoms with Gasteiger partial charge in [-0.2, -0.15) is 4.31 Å². The van der Waals surface area contributed by atoms with Crippen LogP contribution in [-0.2, 0) is 14.8 Å². The van der Waals surface area contributed by atoms with E-state index in [-0.39, 0.29) is 16.8 Å². The van der Waals surface area contributed by atoms with Crippen molar-refractivity contribution >= 4 is 27.5 Å². The number of carbonyl (C=O) groups excluding carboxylic acids is 1. The molecule has 0 radical (unpaired) electrons. The first-order chi connectivity index (χ1) is 11.4. The predicted molar refractivity (Wildman–Crippen MR) is 94.5 cm³/mol. The third-order valence-electron chi connectivity index (χ3n) is 4.07. The Balaban J connectivity index is 1.98. The molecule has 24 heavy (non-hydrogen) atoms. The van der Waals surface area contributed by atoms with E-state index in [1.807, 2.05) is 11.8 Å². The van der Waals surface area contributed by atoms with Crippen LogP contribution < -0.4 is 5.32 Å². The number of nitrogens with zero attached hydrogens (tertiary/aromatic N) is 2. The minimum absolute atomic E-state index is 0.0797. The smallest absolute Gasteiger partial charge is 0.243 e. The summed E-state index contributed by atoms with van der Waals surface area (Å²) in [4.78, 5) is 14.2. The van der Waals surface area contributed by atoms with Gasteiger partial charge in [0.1, 0.15) is 0 Å². The van der Waals surface area contributed by atoms with Crippen LogP contribution in [0.25, 0.3) is 0 Å². The maximum absolute atomic E-state index is 12.6. The highest BCUT2D eigenvalue weighted by Gasteiger charge is 2.31. The Bertz CT molecular complexity index is 683. The number of piperazine rings is 1. The second-order valence-electron chi connectivity index (χ2n) is 5.60. The Morgan fingerprint density at radius 3 is 2.42 bits per heavy atom. The second-order valence-corrected chi connectivity index (χ2v) is 7.98. The molecular weight excluding hydrogens is 350 g/mol. The van der Waals surface area contributed by atoms with Gasteiger partial charge in [0.05, 0.1) is 10.9 Å². The van der Waals surface area contributed by atoms with Crippen LogP contribution in [0.2, 0.25) is 5.02 Å². The highest BCUT2D eigenvalue weighted by Crippen LogP contribution is 2.20. The summed E-state index contributed by atoms with van der Waals surface area (Å²) in [6, 6.07) is 5.85. The van der Waals surface area contributed by atoms with Crippen molar-refractivity contribution in [2.24, 2.45) is 0 Å². The van der Waals surface area contributed by atoms with Crippen LogP contribution in [0.5, 0.6) is 0 Å². The fourth-order valence-electron chi connectivity index (χ4n) is 2.57. The maximum Gasteiger partial charge on any atom is 0.243 e. The van der Waals surface area contributed by atoms with Crippen molar-refractivity contribution < 1.29 is 13.2 Å². The Morgan fingerprint density at radius 1 is 1.29 bits per heavy atom. The number of amides is 1. The molecule has 1 atom stereocenters. The second kappa shape index (κ2) is 8.11. The number of benzene rings is 1. The van der Waals surface area contributed by atoms with Crippen molar-refractivity contribution in [3.63, 3.8) is 0 Å². The average Bonchev–Trinajstić information content (AvgIpc) is 2.59. The molecular formula is C16H22ClN3O3S. The summed E-state index contributed by atoms with van der Waals surface area (Å²) >= 11 is 5.81. The SMILES string of the molecule is C=CCNC(=O)C(C)N1CCN(S(=O)(=O)c2ccc(Cl)cc2)CC1. The molecule has 8 heteroatoms. The van der Waals surface area contributed by atoms with E-state index in [4.69, 9.17) is 11.6 Å². The molecule has 1 aromatic rings. The van der Waals surface area contributed by atoms with Crippen molar-refractivity contribution in [1.82, 2.24) is 14.5 Å². The molecule has 1 aliphatic rings. The van der Waals surface area contributed by atoms with Crippen LogP contribution in [0.4, 0.5) is 0 Å². The van der Waals surface area contributed by atoms with E-state index in [0.29, 0.717) is 37.7 Å². The van der Waals surface area contributed by atoms with Crippen LogP contribution in [0, 0.1) is 0 Å². The van der Waals surface area contributed by atoms with Crippen molar-refractivity contribution in [3.05, 3.63) is 41.9 Å². The molecule has 0 bridgehead atoms. The number of rotatable bonds is 6. The van der Waals surface area contributed by atoms with Gasteiger partial charge >= 0.3 is 0 Å². The molecule has 0 aliphatic carbocycles. The largest absolute Gasteiger partial charge is 0.351 e. The summed E-state index contributed by atoms with van der Waals surface area (Å²) in [6.07, 6.45) is 1.63. The minimum atomic E-state index is -3.53. The van der Waals surface area contributed by atoms with E-state index in [0.717, 1.165) is 0 Å². The van der Waals surface area contributed by atoms with Gasteiger partial charge in [0.2, 0.25) is 15.9 Å². The summed E-state index contributed by atoms with van der Waals surface area (Å²) in [6.45, 7) is 7.53. The lowest BCUT2D eigenvalue weighted by Crippen LogP contribution is -2.54. The topological polar surface area (TPSA) is 69.7 Å². The molecule has 0 saturated carbocycles. The van der Waals surface area contributed by atoms with Gasteiger partial charge in [-0.15, -0.1) is 6.58 Å². The third-order valence-corrected chi connectivity index (χ3v) is 6.24. The molecule has 1 amide bonds. The molecule has 1 heterocycles. The third kappa shape index (κ3) is 4.36. The van der Waals surface area contributed by atoms with E-state index >= 15 is 0 Å². The van der Waals surface area contributed by atoms with Gasteiger partial charge in [0.15, 0.2) is 0 Å². The van der Waals surface area contributed by atoms with Gasteiger partial charge < -0.3 is 5.32 Å². The first-order valence-corrected chi connectivity index (χ1v) is 9.56.